The molecule has 0 saturated heterocycles. The van der Waals surface area contributed by atoms with Gasteiger partial charge in [0, 0.05) is 11.4 Å². The van der Waals surface area contributed by atoms with Gasteiger partial charge in [-0.1, -0.05) is 37.3 Å². The molecule has 1 aromatic heterocycles. The molecule has 0 aliphatic carbocycles. The lowest BCUT2D eigenvalue weighted by Gasteiger charge is -2.19. The Morgan fingerprint density at radius 2 is 2.00 bits per heavy atom. The van der Waals surface area contributed by atoms with E-state index in [9.17, 15) is 4.79 Å². The molecule has 0 bridgehead atoms. The molecule has 0 radical (unpaired) electrons. The van der Waals surface area contributed by atoms with Crippen LogP contribution in [0.1, 0.15) is 18.5 Å². The number of hydrogen-bond acceptors (Lipinski definition) is 3. The summed E-state index contributed by atoms with van der Waals surface area (Å²) in [5.74, 6) is -0.322. The van der Waals surface area contributed by atoms with Crippen LogP contribution >= 0.6 is 11.3 Å². The Kier molecular flexibility index (Phi) is 4.12. The Bertz CT molecular complexity index is 496. The van der Waals surface area contributed by atoms with Gasteiger partial charge in [-0.2, -0.15) is 11.3 Å². The van der Waals surface area contributed by atoms with Crippen LogP contribution in [0.5, 0.6) is 0 Å². The van der Waals surface area contributed by atoms with Crippen LogP contribution in [0.3, 0.4) is 0 Å². The van der Waals surface area contributed by atoms with E-state index < -0.39 is 0 Å². The fourth-order valence-corrected chi connectivity index (χ4v) is 2.31. The zero-order valence-electron chi connectivity index (χ0n) is 10.2. The minimum atomic E-state index is -0.287. The molecule has 0 fully saturated rings. The first-order valence-corrected chi connectivity index (χ1v) is 6.76. The topological polar surface area (TPSA) is 55.1 Å². The monoisotopic (exact) mass is 260 g/mol. The van der Waals surface area contributed by atoms with Crippen molar-refractivity contribution in [2.45, 2.75) is 13.0 Å². The van der Waals surface area contributed by atoms with E-state index in [4.69, 9.17) is 5.73 Å². The molecule has 94 valence electrons. The van der Waals surface area contributed by atoms with Gasteiger partial charge in [0.2, 0.25) is 5.91 Å². The lowest BCUT2D eigenvalue weighted by molar-refractivity contribution is -0.120. The fourth-order valence-electron chi connectivity index (χ4n) is 1.72. The average molecular weight is 260 g/mol. The van der Waals surface area contributed by atoms with E-state index in [0.717, 1.165) is 11.3 Å². The summed E-state index contributed by atoms with van der Waals surface area (Å²) in [6, 6.07) is 11.3. The van der Waals surface area contributed by atoms with Gasteiger partial charge < -0.3 is 11.1 Å². The number of anilines is 1. The molecule has 18 heavy (non-hydrogen) atoms. The number of nitrogens with one attached hydrogen (secondary N) is 1. The van der Waals surface area contributed by atoms with Gasteiger partial charge in [0.05, 0.1) is 11.6 Å². The summed E-state index contributed by atoms with van der Waals surface area (Å²) >= 11 is 1.55. The van der Waals surface area contributed by atoms with Gasteiger partial charge in [0.1, 0.15) is 0 Å². The summed E-state index contributed by atoms with van der Waals surface area (Å²) < 4.78 is 0. The van der Waals surface area contributed by atoms with Crippen molar-refractivity contribution in [3.8, 4) is 0 Å². The first-order chi connectivity index (χ1) is 8.68. The Labute approximate surface area is 111 Å². The molecule has 0 aliphatic heterocycles. The predicted molar refractivity (Wildman–Crippen MR) is 75.5 cm³/mol. The highest BCUT2D eigenvalue weighted by Gasteiger charge is 2.22. The van der Waals surface area contributed by atoms with Crippen LogP contribution in [-0.2, 0) is 4.79 Å². The van der Waals surface area contributed by atoms with Crippen LogP contribution in [-0.4, -0.2) is 5.91 Å². The molecule has 2 unspecified atom stereocenters. The Balaban J connectivity index is 2.02. The lowest BCUT2D eigenvalue weighted by atomic mass is 9.94. The van der Waals surface area contributed by atoms with Crippen LogP contribution in [0.15, 0.2) is 47.2 Å². The summed E-state index contributed by atoms with van der Waals surface area (Å²) in [7, 11) is 0. The second kappa shape index (κ2) is 5.80. The molecule has 4 heteroatoms. The average Bonchev–Trinajstić information content (AvgIpc) is 2.91. The first kappa shape index (κ1) is 12.8. The van der Waals surface area contributed by atoms with E-state index in [1.165, 1.54) is 0 Å². The van der Waals surface area contributed by atoms with Gasteiger partial charge in [0.25, 0.3) is 0 Å². The van der Waals surface area contributed by atoms with Crippen LogP contribution in [0, 0.1) is 5.92 Å². The zero-order chi connectivity index (χ0) is 13.0. The van der Waals surface area contributed by atoms with Crippen molar-refractivity contribution in [3.63, 3.8) is 0 Å². The summed E-state index contributed by atoms with van der Waals surface area (Å²) in [4.78, 5) is 12.0. The van der Waals surface area contributed by atoms with Crippen LogP contribution in [0.2, 0.25) is 0 Å². The maximum Gasteiger partial charge on any atom is 0.229 e. The third-order valence-corrected chi connectivity index (χ3v) is 3.61. The summed E-state index contributed by atoms with van der Waals surface area (Å²) in [6.07, 6.45) is 0. The van der Waals surface area contributed by atoms with Gasteiger partial charge in [0.15, 0.2) is 0 Å². The van der Waals surface area contributed by atoms with E-state index in [0.29, 0.717) is 0 Å². The number of carbonyl (C=O) groups is 1. The standard InChI is InChI=1S/C14H16N2OS/c1-10(13(15)11-5-3-2-4-6-11)14(17)16-12-7-8-18-9-12/h2-10,13H,15H2,1H3,(H,16,17). The molecular formula is C14H16N2OS. The first-order valence-electron chi connectivity index (χ1n) is 5.82. The van der Waals surface area contributed by atoms with Gasteiger partial charge in [-0.15, -0.1) is 0 Å². The van der Waals surface area contributed by atoms with E-state index >= 15 is 0 Å². The molecule has 2 aromatic rings. The molecular weight excluding hydrogens is 244 g/mol. The molecule has 1 aromatic carbocycles. The van der Waals surface area contributed by atoms with Crippen molar-refractivity contribution < 1.29 is 4.79 Å². The second-order valence-electron chi connectivity index (χ2n) is 4.23. The van der Waals surface area contributed by atoms with Crippen molar-refractivity contribution in [2.75, 3.05) is 5.32 Å². The second-order valence-corrected chi connectivity index (χ2v) is 5.01. The maximum absolute atomic E-state index is 12.0. The highest BCUT2D eigenvalue weighted by Crippen LogP contribution is 2.21. The Morgan fingerprint density at radius 3 is 2.61 bits per heavy atom. The molecule has 0 spiro atoms. The number of nitrogens with two attached hydrogens (primary N) is 1. The molecule has 0 aliphatic rings. The number of benzene rings is 1. The van der Waals surface area contributed by atoms with E-state index in [2.05, 4.69) is 5.32 Å². The molecule has 3 N–H and O–H groups in total. The third-order valence-electron chi connectivity index (χ3n) is 2.93. The summed E-state index contributed by atoms with van der Waals surface area (Å²) in [5.41, 5.74) is 7.92. The zero-order valence-corrected chi connectivity index (χ0v) is 11.0. The molecule has 2 rings (SSSR count). The van der Waals surface area contributed by atoms with Crippen LogP contribution < -0.4 is 11.1 Å². The smallest absolute Gasteiger partial charge is 0.229 e. The number of carbonyl (C=O) groups excluding carboxylic acids is 1. The minimum absolute atomic E-state index is 0.0512. The molecule has 3 nitrogen and oxygen atoms in total. The maximum atomic E-state index is 12.0. The van der Waals surface area contributed by atoms with Crippen molar-refractivity contribution in [2.24, 2.45) is 11.7 Å². The summed E-state index contributed by atoms with van der Waals surface area (Å²) in [6.45, 7) is 1.85. The normalized spacial score (nSPS) is 13.9. The van der Waals surface area contributed by atoms with E-state index in [1.54, 1.807) is 11.3 Å². The van der Waals surface area contributed by atoms with Crippen molar-refractivity contribution in [1.29, 1.82) is 0 Å². The third kappa shape index (κ3) is 2.97. The van der Waals surface area contributed by atoms with Crippen molar-refractivity contribution in [1.82, 2.24) is 0 Å². The largest absolute Gasteiger partial charge is 0.325 e. The van der Waals surface area contributed by atoms with Crippen molar-refractivity contribution in [3.05, 3.63) is 52.7 Å². The summed E-state index contributed by atoms with van der Waals surface area (Å²) in [5, 5.41) is 6.69. The molecule has 1 amide bonds. The van der Waals surface area contributed by atoms with Crippen molar-refractivity contribution >= 4 is 22.9 Å². The quantitative estimate of drug-likeness (QED) is 0.887. The Morgan fingerprint density at radius 1 is 1.28 bits per heavy atom. The highest BCUT2D eigenvalue weighted by molar-refractivity contribution is 7.08. The number of amides is 1. The van der Waals surface area contributed by atoms with Gasteiger partial charge in [-0.25, -0.2) is 0 Å². The SMILES string of the molecule is CC(C(=O)Nc1ccsc1)C(N)c1ccccc1. The molecule has 2 atom stereocenters. The Hall–Kier alpha value is -1.65. The lowest BCUT2D eigenvalue weighted by Crippen LogP contribution is -2.30. The number of hydrogen-bond donors (Lipinski definition) is 2. The predicted octanol–water partition coefficient (Wildman–Crippen LogP) is 3.02. The van der Waals surface area contributed by atoms with E-state index in [-0.39, 0.29) is 17.9 Å². The molecule has 0 saturated carbocycles. The number of thiophene rings is 1. The molecule has 1 heterocycles. The highest BCUT2D eigenvalue weighted by atomic mass is 32.1. The van der Waals surface area contributed by atoms with Crippen LogP contribution in [0.4, 0.5) is 5.69 Å². The number of rotatable bonds is 4. The van der Waals surface area contributed by atoms with Crippen LogP contribution in [0.25, 0.3) is 0 Å². The van der Waals surface area contributed by atoms with Gasteiger partial charge >= 0.3 is 0 Å². The fraction of sp³-hybridized carbons (Fsp3) is 0.214. The minimum Gasteiger partial charge on any atom is -0.325 e. The van der Waals surface area contributed by atoms with Gasteiger partial charge in [-0.3, -0.25) is 4.79 Å². The van der Waals surface area contributed by atoms with E-state index in [1.807, 2.05) is 54.1 Å². The van der Waals surface area contributed by atoms with Gasteiger partial charge in [-0.05, 0) is 17.0 Å².